The number of nitrogens with zero attached hydrogens (tertiary/aromatic N) is 5. The molecule has 1 fully saturated rings. The molecule has 9 nitrogen and oxygen atoms in total. The molecule has 0 radical (unpaired) electrons. The molecule has 1 aliphatic heterocycles. The van der Waals surface area contributed by atoms with Gasteiger partial charge in [-0.3, -0.25) is 4.79 Å². The number of carbonyl (C=O) groups is 2. The first kappa shape index (κ1) is 21.6. The fraction of sp³-hybridized carbons (Fsp3) is 0.391. The Morgan fingerprint density at radius 1 is 1.16 bits per heavy atom. The van der Waals surface area contributed by atoms with Crippen LogP contribution in [0.4, 0.5) is 4.79 Å². The average Bonchev–Trinajstić information content (AvgIpc) is 3.41. The maximum absolute atomic E-state index is 13.4. The van der Waals surface area contributed by atoms with Gasteiger partial charge in [0.05, 0.1) is 6.54 Å². The number of imidazole rings is 1. The summed E-state index contributed by atoms with van der Waals surface area (Å²) in [5.74, 6) is 0.528. The predicted molar refractivity (Wildman–Crippen MR) is 117 cm³/mol. The fourth-order valence-electron chi connectivity index (χ4n) is 3.70. The molecule has 168 valence electrons. The van der Waals surface area contributed by atoms with Crippen LogP contribution < -0.4 is 0 Å². The molecule has 0 aliphatic carbocycles. The number of ether oxygens (including phenoxy) is 1. The lowest BCUT2D eigenvalue weighted by molar-refractivity contribution is 0.00209. The van der Waals surface area contributed by atoms with Gasteiger partial charge in [0, 0.05) is 44.2 Å². The Hall–Kier alpha value is -3.62. The topological polar surface area (TPSA) is 93.7 Å². The lowest BCUT2D eigenvalue weighted by Crippen LogP contribution is -2.53. The van der Waals surface area contributed by atoms with Crippen molar-refractivity contribution < 1.29 is 18.8 Å². The second-order valence-corrected chi connectivity index (χ2v) is 8.78. The molecule has 1 atom stereocenters. The first-order chi connectivity index (χ1) is 15.2. The van der Waals surface area contributed by atoms with Crippen molar-refractivity contribution in [2.24, 2.45) is 7.05 Å². The van der Waals surface area contributed by atoms with Crippen molar-refractivity contribution in [3.8, 4) is 11.3 Å². The molecule has 1 aromatic carbocycles. The number of piperazine rings is 1. The number of benzene rings is 1. The number of rotatable bonds is 3. The maximum Gasteiger partial charge on any atom is 0.410 e. The summed E-state index contributed by atoms with van der Waals surface area (Å²) in [6, 6.07) is 10.7. The summed E-state index contributed by atoms with van der Waals surface area (Å²) in [7, 11) is 1.86. The Balaban J connectivity index is 1.58. The average molecular weight is 438 g/mol. The zero-order valence-corrected chi connectivity index (χ0v) is 18.7. The molecule has 3 aromatic rings. The van der Waals surface area contributed by atoms with Crippen LogP contribution in [0.1, 0.15) is 43.2 Å². The van der Waals surface area contributed by atoms with Crippen LogP contribution in [-0.4, -0.2) is 61.7 Å². The molecule has 2 aromatic heterocycles. The number of amides is 2. The lowest BCUT2D eigenvalue weighted by atomic mass is 10.1. The quantitative estimate of drug-likeness (QED) is 0.622. The van der Waals surface area contributed by atoms with E-state index in [2.05, 4.69) is 10.1 Å². The molecule has 1 saturated heterocycles. The molecule has 3 heterocycles. The third-order valence-corrected chi connectivity index (χ3v) is 5.24. The van der Waals surface area contributed by atoms with Gasteiger partial charge in [0.15, 0.2) is 0 Å². The van der Waals surface area contributed by atoms with Crippen LogP contribution in [0.5, 0.6) is 0 Å². The van der Waals surface area contributed by atoms with Gasteiger partial charge >= 0.3 is 6.09 Å². The minimum absolute atomic E-state index is 0.147. The molecule has 9 heteroatoms. The molecular weight excluding hydrogens is 410 g/mol. The Kier molecular flexibility index (Phi) is 5.73. The van der Waals surface area contributed by atoms with Crippen LogP contribution >= 0.6 is 0 Å². The van der Waals surface area contributed by atoms with E-state index in [1.807, 2.05) is 68.9 Å². The van der Waals surface area contributed by atoms with Crippen LogP contribution in [0, 0.1) is 0 Å². The van der Waals surface area contributed by atoms with Gasteiger partial charge in [0.2, 0.25) is 5.76 Å². The van der Waals surface area contributed by atoms with Crippen molar-refractivity contribution >= 4 is 12.0 Å². The maximum atomic E-state index is 13.4. The molecule has 0 spiro atoms. The molecular formula is C23H27N5O4. The van der Waals surface area contributed by atoms with Gasteiger partial charge in [-0.15, -0.1) is 0 Å². The van der Waals surface area contributed by atoms with Crippen molar-refractivity contribution in [2.45, 2.75) is 32.4 Å². The molecule has 32 heavy (non-hydrogen) atoms. The Labute approximate surface area is 186 Å². The van der Waals surface area contributed by atoms with Gasteiger partial charge in [-0.05, 0) is 20.8 Å². The highest BCUT2D eigenvalue weighted by molar-refractivity contribution is 5.93. The lowest BCUT2D eigenvalue weighted by Gasteiger charge is -2.40. The standard InChI is InChI=1S/C23H27N5O4/c1-23(2,3)31-22(30)27-12-13-28(18(15-27)20-24-10-11-26(20)4)21(29)19-14-17(25-32-19)16-8-6-5-7-9-16/h5-11,14,18H,12-13,15H2,1-4H3/t18-/m0/s1. The number of aryl methyl sites for hydroxylation is 1. The van der Waals surface area contributed by atoms with Crippen LogP contribution in [-0.2, 0) is 11.8 Å². The Morgan fingerprint density at radius 3 is 2.56 bits per heavy atom. The second-order valence-electron chi connectivity index (χ2n) is 8.78. The highest BCUT2D eigenvalue weighted by atomic mass is 16.6. The van der Waals surface area contributed by atoms with Crippen molar-refractivity contribution in [2.75, 3.05) is 19.6 Å². The van der Waals surface area contributed by atoms with Gasteiger partial charge in [-0.25, -0.2) is 9.78 Å². The molecule has 0 saturated carbocycles. The van der Waals surface area contributed by atoms with E-state index in [1.165, 1.54) is 0 Å². The summed E-state index contributed by atoms with van der Waals surface area (Å²) < 4.78 is 12.8. The summed E-state index contributed by atoms with van der Waals surface area (Å²) in [6.45, 7) is 6.42. The van der Waals surface area contributed by atoms with E-state index in [4.69, 9.17) is 9.26 Å². The summed E-state index contributed by atoms with van der Waals surface area (Å²) in [6.07, 6.45) is 3.08. The minimum Gasteiger partial charge on any atom is -0.444 e. The number of aromatic nitrogens is 3. The Bertz CT molecular complexity index is 1100. The van der Waals surface area contributed by atoms with Crippen molar-refractivity contribution in [1.82, 2.24) is 24.5 Å². The first-order valence-corrected chi connectivity index (χ1v) is 10.5. The van der Waals surface area contributed by atoms with Crippen molar-refractivity contribution in [3.63, 3.8) is 0 Å². The smallest absolute Gasteiger partial charge is 0.410 e. The predicted octanol–water partition coefficient (Wildman–Crippen LogP) is 3.51. The number of hydrogen-bond donors (Lipinski definition) is 0. The van der Waals surface area contributed by atoms with Gasteiger partial charge in [0.25, 0.3) is 5.91 Å². The van der Waals surface area contributed by atoms with Gasteiger partial charge in [-0.2, -0.15) is 0 Å². The summed E-state index contributed by atoms with van der Waals surface area (Å²) in [5.41, 5.74) is 0.858. The molecule has 0 bridgehead atoms. The first-order valence-electron chi connectivity index (χ1n) is 10.5. The van der Waals surface area contributed by atoms with Crippen LogP contribution in [0.3, 0.4) is 0 Å². The van der Waals surface area contributed by atoms with Crippen molar-refractivity contribution in [3.05, 3.63) is 60.4 Å². The van der Waals surface area contributed by atoms with Crippen LogP contribution in [0.2, 0.25) is 0 Å². The van der Waals surface area contributed by atoms with E-state index in [9.17, 15) is 9.59 Å². The fourth-order valence-corrected chi connectivity index (χ4v) is 3.70. The minimum atomic E-state index is -0.601. The zero-order valence-electron chi connectivity index (χ0n) is 18.7. The normalized spacial score (nSPS) is 16.8. The molecule has 2 amide bonds. The Morgan fingerprint density at radius 2 is 1.91 bits per heavy atom. The van der Waals surface area contributed by atoms with E-state index < -0.39 is 17.7 Å². The molecule has 0 N–H and O–H groups in total. The van der Waals surface area contributed by atoms with E-state index in [-0.39, 0.29) is 18.2 Å². The molecule has 4 rings (SSSR count). The summed E-state index contributed by atoms with van der Waals surface area (Å²) >= 11 is 0. The second kappa shape index (κ2) is 8.49. The van der Waals surface area contributed by atoms with Crippen LogP contribution in [0.15, 0.2) is 53.3 Å². The third-order valence-electron chi connectivity index (χ3n) is 5.24. The zero-order chi connectivity index (χ0) is 22.9. The highest BCUT2D eigenvalue weighted by Gasteiger charge is 2.38. The summed E-state index contributed by atoms with van der Waals surface area (Å²) in [4.78, 5) is 33.8. The van der Waals surface area contributed by atoms with Gasteiger partial charge < -0.3 is 23.6 Å². The van der Waals surface area contributed by atoms with E-state index in [0.29, 0.717) is 24.6 Å². The van der Waals surface area contributed by atoms with Crippen molar-refractivity contribution in [1.29, 1.82) is 0 Å². The molecule has 0 unspecified atom stereocenters. The van der Waals surface area contributed by atoms with Crippen LogP contribution in [0.25, 0.3) is 11.3 Å². The number of carbonyl (C=O) groups excluding carboxylic acids is 2. The van der Waals surface area contributed by atoms with E-state index in [0.717, 1.165) is 5.56 Å². The van der Waals surface area contributed by atoms with E-state index >= 15 is 0 Å². The highest BCUT2D eigenvalue weighted by Crippen LogP contribution is 2.28. The van der Waals surface area contributed by atoms with Gasteiger partial charge in [0.1, 0.15) is 23.2 Å². The number of hydrogen-bond acceptors (Lipinski definition) is 6. The SMILES string of the molecule is Cn1ccnc1[C@@H]1CN(C(=O)OC(C)(C)C)CCN1C(=O)c1cc(-c2ccccc2)no1. The summed E-state index contributed by atoms with van der Waals surface area (Å²) in [5, 5.41) is 4.06. The largest absolute Gasteiger partial charge is 0.444 e. The van der Waals surface area contributed by atoms with Gasteiger partial charge in [-0.1, -0.05) is 35.5 Å². The molecule has 1 aliphatic rings. The monoisotopic (exact) mass is 437 g/mol. The van der Waals surface area contributed by atoms with E-state index in [1.54, 1.807) is 22.1 Å². The third kappa shape index (κ3) is 4.51.